The average molecular weight is 335 g/mol. The van der Waals surface area contributed by atoms with Crippen LogP contribution in [0.4, 0.5) is 5.69 Å². The average Bonchev–Trinajstić information content (AvgIpc) is 2.61. The van der Waals surface area contributed by atoms with Crippen LogP contribution in [-0.2, 0) is 12.8 Å². The third-order valence-corrected chi connectivity index (χ3v) is 4.04. The van der Waals surface area contributed by atoms with Crippen LogP contribution in [0.1, 0.15) is 22.3 Å². The van der Waals surface area contributed by atoms with Gasteiger partial charge in [0.2, 0.25) is 0 Å². The van der Waals surface area contributed by atoms with Gasteiger partial charge in [-0.05, 0) is 64.2 Å². The van der Waals surface area contributed by atoms with Gasteiger partial charge < -0.3 is 15.3 Å². The van der Waals surface area contributed by atoms with E-state index in [1.807, 2.05) is 0 Å². The lowest BCUT2D eigenvalue weighted by atomic mass is 9.97. The van der Waals surface area contributed by atoms with Crippen molar-refractivity contribution in [1.82, 2.24) is 0 Å². The molecular weight excluding hydrogens is 318 g/mol. The normalized spacial score (nSPS) is 10.6. The Morgan fingerprint density at radius 2 is 1.16 bits per heavy atom. The van der Waals surface area contributed by atoms with E-state index in [4.69, 9.17) is 0 Å². The molecule has 0 aliphatic carbocycles. The van der Waals surface area contributed by atoms with Gasteiger partial charge in [0, 0.05) is 12.5 Å². The van der Waals surface area contributed by atoms with Gasteiger partial charge in [0.05, 0.1) is 0 Å². The monoisotopic (exact) mass is 335 g/mol. The van der Waals surface area contributed by atoms with Crippen molar-refractivity contribution < 1.29 is 15.3 Å². The minimum Gasteiger partial charge on any atom is -0.508 e. The van der Waals surface area contributed by atoms with E-state index in [1.165, 1.54) is 6.07 Å². The number of benzene rings is 3. The van der Waals surface area contributed by atoms with Crippen LogP contribution in [-0.4, -0.2) is 15.3 Å². The maximum atomic E-state index is 11.1. The Morgan fingerprint density at radius 1 is 0.680 bits per heavy atom. The largest absolute Gasteiger partial charge is 0.508 e. The SMILES string of the molecule is O=Nc1cc(O)c(Cc2ccc(O)cc2)cc1Cc1ccc(O)cc1. The quantitative estimate of drug-likeness (QED) is 0.603. The van der Waals surface area contributed by atoms with Crippen molar-refractivity contribution in [3.63, 3.8) is 0 Å². The zero-order valence-electron chi connectivity index (χ0n) is 13.4. The Bertz CT molecular complexity index is 887. The van der Waals surface area contributed by atoms with Crippen LogP contribution in [0.2, 0.25) is 0 Å². The summed E-state index contributed by atoms with van der Waals surface area (Å²) >= 11 is 0. The molecule has 0 atom stereocenters. The lowest BCUT2D eigenvalue weighted by Crippen LogP contribution is -1.94. The van der Waals surface area contributed by atoms with Gasteiger partial charge in [-0.3, -0.25) is 0 Å². The van der Waals surface area contributed by atoms with Crippen LogP contribution in [0.3, 0.4) is 0 Å². The molecule has 3 rings (SSSR count). The third kappa shape index (κ3) is 3.95. The van der Waals surface area contributed by atoms with Crippen LogP contribution in [0.25, 0.3) is 0 Å². The maximum Gasteiger partial charge on any atom is 0.121 e. The number of phenols is 3. The fourth-order valence-electron chi connectivity index (χ4n) is 2.71. The summed E-state index contributed by atoms with van der Waals surface area (Å²) in [5, 5.41) is 31.9. The molecule has 0 saturated carbocycles. The van der Waals surface area contributed by atoms with E-state index < -0.39 is 0 Å². The van der Waals surface area contributed by atoms with Crippen molar-refractivity contribution in [2.75, 3.05) is 0 Å². The van der Waals surface area contributed by atoms with Crippen LogP contribution in [0.5, 0.6) is 17.2 Å². The number of aromatic hydroxyl groups is 3. The van der Waals surface area contributed by atoms with E-state index in [9.17, 15) is 20.2 Å². The smallest absolute Gasteiger partial charge is 0.121 e. The van der Waals surface area contributed by atoms with Gasteiger partial charge in [-0.15, -0.1) is 4.91 Å². The Morgan fingerprint density at radius 3 is 1.64 bits per heavy atom. The van der Waals surface area contributed by atoms with Crippen molar-refractivity contribution in [3.8, 4) is 17.2 Å². The summed E-state index contributed by atoms with van der Waals surface area (Å²) in [4.78, 5) is 11.1. The molecule has 3 aromatic carbocycles. The molecule has 0 fully saturated rings. The highest BCUT2D eigenvalue weighted by Gasteiger charge is 2.12. The van der Waals surface area contributed by atoms with Crippen molar-refractivity contribution in [2.24, 2.45) is 5.18 Å². The Labute approximate surface area is 144 Å². The van der Waals surface area contributed by atoms with Crippen molar-refractivity contribution >= 4 is 5.69 Å². The number of hydrogen-bond donors (Lipinski definition) is 3. The summed E-state index contributed by atoms with van der Waals surface area (Å²) < 4.78 is 0. The zero-order valence-corrected chi connectivity index (χ0v) is 13.4. The fraction of sp³-hybridized carbons (Fsp3) is 0.100. The zero-order chi connectivity index (χ0) is 17.8. The van der Waals surface area contributed by atoms with E-state index in [-0.39, 0.29) is 22.9 Å². The Hall–Kier alpha value is -3.34. The van der Waals surface area contributed by atoms with Crippen molar-refractivity contribution in [1.29, 1.82) is 0 Å². The summed E-state index contributed by atoms with van der Waals surface area (Å²) in [6.07, 6.45) is 0.929. The molecule has 126 valence electrons. The van der Waals surface area contributed by atoms with Crippen molar-refractivity contribution in [2.45, 2.75) is 12.8 Å². The molecule has 0 aromatic heterocycles. The molecule has 25 heavy (non-hydrogen) atoms. The molecule has 0 heterocycles. The predicted molar refractivity (Wildman–Crippen MR) is 95.4 cm³/mol. The number of phenolic OH excluding ortho intramolecular Hbond substituents is 3. The Kier molecular flexibility index (Phi) is 4.66. The second-order valence-corrected chi connectivity index (χ2v) is 5.89. The minimum atomic E-state index is 0.0112. The first kappa shape index (κ1) is 16.5. The molecule has 3 N–H and O–H groups in total. The molecule has 0 spiro atoms. The first-order chi connectivity index (χ1) is 12.0. The molecule has 0 aliphatic heterocycles. The summed E-state index contributed by atoms with van der Waals surface area (Å²) in [6, 6.07) is 16.6. The molecular formula is C20H17NO4. The van der Waals surface area contributed by atoms with E-state index in [0.717, 1.165) is 11.1 Å². The molecule has 3 aromatic rings. The molecule has 5 nitrogen and oxygen atoms in total. The topological polar surface area (TPSA) is 90.1 Å². The second-order valence-electron chi connectivity index (χ2n) is 5.89. The van der Waals surface area contributed by atoms with E-state index in [0.29, 0.717) is 24.0 Å². The van der Waals surface area contributed by atoms with Gasteiger partial charge in [-0.25, -0.2) is 0 Å². The van der Waals surface area contributed by atoms with Crippen LogP contribution in [0.15, 0.2) is 65.8 Å². The number of nitroso groups, excluding NO2 is 1. The Balaban J connectivity index is 1.92. The highest BCUT2D eigenvalue weighted by molar-refractivity contribution is 5.56. The second kappa shape index (κ2) is 7.05. The molecule has 0 saturated heterocycles. The minimum absolute atomic E-state index is 0.0112. The van der Waals surface area contributed by atoms with E-state index in [1.54, 1.807) is 54.6 Å². The third-order valence-electron chi connectivity index (χ3n) is 4.04. The molecule has 0 bridgehead atoms. The van der Waals surface area contributed by atoms with E-state index in [2.05, 4.69) is 5.18 Å². The first-order valence-electron chi connectivity index (χ1n) is 7.79. The lowest BCUT2D eigenvalue weighted by molar-refractivity contribution is 0.469. The number of rotatable bonds is 5. The predicted octanol–water partition coefficient (Wildman–Crippen LogP) is 4.38. The summed E-state index contributed by atoms with van der Waals surface area (Å²) in [5.41, 5.74) is 3.42. The van der Waals surface area contributed by atoms with Gasteiger partial charge >= 0.3 is 0 Å². The molecule has 0 radical (unpaired) electrons. The van der Waals surface area contributed by atoms with Gasteiger partial charge in [-0.2, -0.15) is 0 Å². The highest BCUT2D eigenvalue weighted by atomic mass is 16.3. The number of nitrogens with zero attached hydrogens (tertiary/aromatic N) is 1. The van der Waals surface area contributed by atoms with Gasteiger partial charge in [0.1, 0.15) is 22.9 Å². The van der Waals surface area contributed by atoms with Gasteiger partial charge in [-0.1, -0.05) is 24.3 Å². The molecule has 0 amide bonds. The molecule has 0 aliphatic rings. The summed E-state index contributed by atoms with van der Waals surface area (Å²) in [6.45, 7) is 0. The first-order valence-corrected chi connectivity index (χ1v) is 7.79. The molecule has 0 unspecified atom stereocenters. The maximum absolute atomic E-state index is 11.1. The van der Waals surface area contributed by atoms with Crippen LogP contribution < -0.4 is 0 Å². The summed E-state index contributed by atoms with van der Waals surface area (Å²) in [7, 11) is 0. The molecule has 5 heteroatoms. The number of hydrogen-bond acceptors (Lipinski definition) is 5. The fourth-order valence-corrected chi connectivity index (χ4v) is 2.71. The van der Waals surface area contributed by atoms with E-state index >= 15 is 0 Å². The van der Waals surface area contributed by atoms with Gasteiger partial charge in [0.15, 0.2) is 0 Å². The van der Waals surface area contributed by atoms with Crippen LogP contribution >= 0.6 is 0 Å². The van der Waals surface area contributed by atoms with Crippen molar-refractivity contribution in [3.05, 3.63) is 87.8 Å². The standard InChI is InChI=1S/C20H17NO4/c22-17-5-1-13(2-6-17)9-15-11-16(20(24)12-19(15)21-25)10-14-3-7-18(23)8-4-14/h1-8,11-12,22-24H,9-10H2. The van der Waals surface area contributed by atoms with Crippen LogP contribution in [0, 0.1) is 4.91 Å². The lowest BCUT2D eigenvalue weighted by Gasteiger charge is -2.11. The summed E-state index contributed by atoms with van der Waals surface area (Å²) in [5.74, 6) is 0.370. The highest BCUT2D eigenvalue weighted by Crippen LogP contribution is 2.32. The van der Waals surface area contributed by atoms with Gasteiger partial charge in [0.25, 0.3) is 0 Å².